The highest BCUT2D eigenvalue weighted by Crippen LogP contribution is 2.06. The molecule has 0 amide bonds. The summed E-state index contributed by atoms with van der Waals surface area (Å²) in [5, 5.41) is 8.51. The Bertz CT molecular complexity index is 796. The molecule has 0 atom stereocenters. The monoisotopic (exact) mass is 268 g/mol. The van der Waals surface area contributed by atoms with E-state index >= 15 is 0 Å². The molecule has 1 aromatic carbocycles. The number of rotatable bonds is 3. The molecule has 2 aromatic heterocycles. The zero-order valence-electron chi connectivity index (χ0n) is 10.5. The van der Waals surface area contributed by atoms with Crippen LogP contribution in [0, 0.1) is 0 Å². The van der Waals surface area contributed by atoms with Crippen molar-refractivity contribution in [3.63, 3.8) is 0 Å². The molecule has 0 unspecified atom stereocenters. The normalized spacial score (nSPS) is 10.7. The van der Waals surface area contributed by atoms with Crippen LogP contribution in [0.3, 0.4) is 0 Å². The van der Waals surface area contributed by atoms with Crippen molar-refractivity contribution in [3.8, 4) is 0 Å². The number of fused-ring (bicyclic) bond motifs is 1. The Kier molecular flexibility index (Phi) is 3.10. The molecule has 7 nitrogen and oxygen atoms in total. The first-order valence-corrected chi connectivity index (χ1v) is 6.02. The Morgan fingerprint density at radius 1 is 1.20 bits per heavy atom. The number of nitrogens with two attached hydrogens (primary N) is 1. The van der Waals surface area contributed by atoms with E-state index in [4.69, 9.17) is 5.84 Å². The molecule has 0 aliphatic rings. The molecule has 0 aliphatic heterocycles. The predicted octanol–water partition coefficient (Wildman–Crippen LogP) is 0.520. The fourth-order valence-electron chi connectivity index (χ4n) is 1.90. The minimum Gasteiger partial charge on any atom is -0.308 e. The van der Waals surface area contributed by atoms with Gasteiger partial charge in [0.15, 0.2) is 0 Å². The van der Waals surface area contributed by atoms with Gasteiger partial charge >= 0.3 is 0 Å². The van der Waals surface area contributed by atoms with Gasteiger partial charge in [0, 0.05) is 6.20 Å². The molecule has 2 heterocycles. The van der Waals surface area contributed by atoms with Crippen molar-refractivity contribution in [2.24, 2.45) is 5.84 Å². The summed E-state index contributed by atoms with van der Waals surface area (Å²) >= 11 is 0. The molecule has 3 aromatic rings. The molecular formula is C13H12N6O. The fraction of sp³-hybridized carbons (Fsp3) is 0.0769. The lowest BCUT2D eigenvalue weighted by molar-refractivity contribution is 0.599. The van der Waals surface area contributed by atoms with E-state index in [1.165, 1.54) is 4.68 Å². The van der Waals surface area contributed by atoms with Crippen LogP contribution in [0.5, 0.6) is 0 Å². The van der Waals surface area contributed by atoms with Crippen molar-refractivity contribution >= 4 is 16.7 Å². The van der Waals surface area contributed by atoms with Gasteiger partial charge in [0.25, 0.3) is 5.56 Å². The number of nitrogen functional groups attached to an aromatic ring is 1. The van der Waals surface area contributed by atoms with E-state index in [0.29, 0.717) is 23.3 Å². The molecular weight excluding hydrogens is 256 g/mol. The van der Waals surface area contributed by atoms with E-state index in [-0.39, 0.29) is 5.56 Å². The lowest BCUT2D eigenvalue weighted by Crippen LogP contribution is -2.24. The van der Waals surface area contributed by atoms with Gasteiger partial charge in [-0.15, -0.1) is 5.10 Å². The van der Waals surface area contributed by atoms with Gasteiger partial charge < -0.3 is 5.43 Å². The molecule has 100 valence electrons. The molecule has 20 heavy (non-hydrogen) atoms. The highest BCUT2D eigenvalue weighted by molar-refractivity contribution is 5.76. The summed E-state index contributed by atoms with van der Waals surface area (Å²) in [5.74, 6) is 5.81. The molecule has 0 spiro atoms. The molecule has 3 N–H and O–H groups in total. The number of aromatic nitrogens is 4. The zero-order chi connectivity index (χ0) is 13.9. The summed E-state index contributed by atoms with van der Waals surface area (Å²) in [4.78, 5) is 16.3. The number of anilines is 1. The summed E-state index contributed by atoms with van der Waals surface area (Å²) in [5.41, 5.74) is 3.71. The number of nitrogens with zero attached hydrogens (tertiary/aromatic N) is 4. The van der Waals surface area contributed by atoms with Gasteiger partial charge in [-0.05, 0) is 23.8 Å². The number of pyridine rings is 1. The second kappa shape index (κ2) is 5.06. The maximum Gasteiger partial charge on any atom is 0.277 e. The van der Waals surface area contributed by atoms with Gasteiger partial charge in [-0.25, -0.2) is 15.5 Å². The molecule has 0 aliphatic carbocycles. The summed E-state index contributed by atoms with van der Waals surface area (Å²) in [7, 11) is 0. The van der Waals surface area contributed by atoms with Gasteiger partial charge in [0.1, 0.15) is 11.3 Å². The Morgan fingerprint density at radius 2 is 2.05 bits per heavy atom. The van der Waals surface area contributed by atoms with Gasteiger partial charge in [-0.3, -0.25) is 4.79 Å². The van der Waals surface area contributed by atoms with Crippen LogP contribution in [0.1, 0.15) is 5.56 Å². The van der Waals surface area contributed by atoms with Crippen molar-refractivity contribution in [2.75, 3.05) is 5.43 Å². The lowest BCUT2D eigenvalue weighted by atomic mass is 10.2. The van der Waals surface area contributed by atoms with E-state index in [0.717, 1.165) is 5.56 Å². The Hall–Kier alpha value is -2.80. The maximum absolute atomic E-state index is 12.3. The first-order valence-electron chi connectivity index (χ1n) is 6.02. The molecule has 0 radical (unpaired) electrons. The predicted molar refractivity (Wildman–Crippen MR) is 74.9 cm³/mol. The summed E-state index contributed by atoms with van der Waals surface area (Å²) in [6.45, 7) is 0.314. The van der Waals surface area contributed by atoms with E-state index in [1.807, 2.05) is 12.1 Å². The van der Waals surface area contributed by atoms with Crippen molar-refractivity contribution < 1.29 is 0 Å². The average Bonchev–Trinajstić information content (AvgIpc) is 2.51. The highest BCUT2D eigenvalue weighted by Gasteiger charge is 2.05. The second-order valence-corrected chi connectivity index (χ2v) is 4.27. The second-order valence-electron chi connectivity index (χ2n) is 4.27. The summed E-state index contributed by atoms with van der Waals surface area (Å²) < 4.78 is 1.31. The van der Waals surface area contributed by atoms with Crippen LogP contribution in [-0.4, -0.2) is 20.0 Å². The number of hydrogen-bond donors (Lipinski definition) is 2. The first kappa shape index (κ1) is 12.2. The van der Waals surface area contributed by atoms with Gasteiger partial charge in [0.05, 0.1) is 11.9 Å². The zero-order valence-corrected chi connectivity index (χ0v) is 10.5. The third-order valence-electron chi connectivity index (χ3n) is 2.93. The molecule has 0 fully saturated rings. The summed E-state index contributed by atoms with van der Waals surface area (Å²) in [6.07, 6.45) is 1.64. The van der Waals surface area contributed by atoms with Crippen LogP contribution in [0.2, 0.25) is 0 Å². The third kappa shape index (κ3) is 2.21. The molecule has 0 saturated carbocycles. The maximum atomic E-state index is 12.3. The minimum absolute atomic E-state index is 0.170. The number of benzene rings is 1. The molecule has 0 bridgehead atoms. The smallest absolute Gasteiger partial charge is 0.277 e. The van der Waals surface area contributed by atoms with Crippen LogP contribution in [0.25, 0.3) is 10.9 Å². The SMILES string of the molecule is NNc1ccc(Cn2nnc3ccccc3c2=O)cn1. The van der Waals surface area contributed by atoms with E-state index in [1.54, 1.807) is 30.5 Å². The number of hydrazine groups is 1. The molecule has 3 rings (SSSR count). The highest BCUT2D eigenvalue weighted by atomic mass is 16.1. The largest absolute Gasteiger partial charge is 0.308 e. The van der Waals surface area contributed by atoms with Crippen molar-refractivity contribution in [3.05, 3.63) is 58.5 Å². The first-order chi connectivity index (χ1) is 9.78. The minimum atomic E-state index is -0.170. The van der Waals surface area contributed by atoms with Crippen molar-refractivity contribution in [1.82, 2.24) is 20.0 Å². The van der Waals surface area contributed by atoms with Crippen molar-refractivity contribution in [2.45, 2.75) is 6.54 Å². The number of nitrogens with one attached hydrogen (secondary N) is 1. The van der Waals surface area contributed by atoms with Crippen LogP contribution in [-0.2, 0) is 6.54 Å². The van der Waals surface area contributed by atoms with E-state index < -0.39 is 0 Å². The van der Waals surface area contributed by atoms with Gasteiger partial charge in [0.2, 0.25) is 0 Å². The summed E-state index contributed by atoms with van der Waals surface area (Å²) in [6, 6.07) is 10.7. The average molecular weight is 268 g/mol. The van der Waals surface area contributed by atoms with E-state index in [9.17, 15) is 4.79 Å². The van der Waals surface area contributed by atoms with E-state index in [2.05, 4.69) is 20.7 Å². The van der Waals surface area contributed by atoms with Crippen LogP contribution >= 0.6 is 0 Å². The van der Waals surface area contributed by atoms with Crippen molar-refractivity contribution in [1.29, 1.82) is 0 Å². The van der Waals surface area contributed by atoms with Gasteiger partial charge in [-0.2, -0.15) is 0 Å². The number of hydrogen-bond acceptors (Lipinski definition) is 6. The Balaban J connectivity index is 1.98. The standard InChI is InChI=1S/C13H12N6O/c14-16-12-6-5-9(7-15-12)8-19-13(20)10-3-1-2-4-11(10)17-18-19/h1-7H,8,14H2,(H,15,16). The molecule has 0 saturated heterocycles. The molecule has 7 heteroatoms. The van der Waals surface area contributed by atoms with Crippen LogP contribution < -0.4 is 16.8 Å². The van der Waals surface area contributed by atoms with Gasteiger partial charge in [-0.1, -0.05) is 23.4 Å². The fourth-order valence-corrected chi connectivity index (χ4v) is 1.90. The quantitative estimate of drug-likeness (QED) is 0.531. The van der Waals surface area contributed by atoms with Crippen LogP contribution in [0.4, 0.5) is 5.82 Å². The topological polar surface area (TPSA) is 98.7 Å². The third-order valence-corrected chi connectivity index (χ3v) is 2.93. The van der Waals surface area contributed by atoms with Crippen LogP contribution in [0.15, 0.2) is 47.4 Å². The Morgan fingerprint density at radius 3 is 2.80 bits per heavy atom. The lowest BCUT2D eigenvalue weighted by Gasteiger charge is -2.05. The Labute approximate surface area is 114 Å².